The molecule has 2 heterocycles. The molecule has 3 N–H and O–H groups in total. The summed E-state index contributed by atoms with van der Waals surface area (Å²) in [5.41, 5.74) is 5.40. The lowest BCUT2D eigenvalue weighted by molar-refractivity contribution is 0.581. The van der Waals surface area contributed by atoms with Gasteiger partial charge in [-0.25, -0.2) is 23.1 Å². The molecular formula is C10H12N4O2S2. The number of nitrogen functional groups attached to an aromatic ring is 1. The third-order valence-corrected chi connectivity index (χ3v) is 4.45. The predicted molar refractivity (Wildman–Crippen MR) is 69.5 cm³/mol. The second kappa shape index (κ2) is 5.01. The van der Waals surface area contributed by atoms with Crippen molar-refractivity contribution in [3.8, 4) is 0 Å². The van der Waals surface area contributed by atoms with Gasteiger partial charge in [0, 0.05) is 17.3 Å². The third kappa shape index (κ3) is 3.03. The normalized spacial score (nSPS) is 11.6. The van der Waals surface area contributed by atoms with Crippen molar-refractivity contribution in [1.82, 2.24) is 14.7 Å². The molecule has 0 aliphatic heterocycles. The van der Waals surface area contributed by atoms with E-state index in [1.165, 1.54) is 29.7 Å². The Bertz CT molecular complexity index is 634. The zero-order chi connectivity index (χ0) is 13.2. The number of hydrogen-bond acceptors (Lipinski definition) is 6. The lowest BCUT2D eigenvalue weighted by atomic mass is 10.5. The van der Waals surface area contributed by atoms with Crippen LogP contribution in [-0.4, -0.2) is 18.4 Å². The van der Waals surface area contributed by atoms with Gasteiger partial charge in [0.25, 0.3) is 0 Å². The maximum atomic E-state index is 11.9. The van der Waals surface area contributed by atoms with E-state index in [9.17, 15) is 8.42 Å². The fourth-order valence-electron chi connectivity index (χ4n) is 1.27. The molecule has 0 unspecified atom stereocenters. The van der Waals surface area contributed by atoms with E-state index in [0.717, 1.165) is 9.88 Å². The molecule has 18 heavy (non-hydrogen) atoms. The van der Waals surface area contributed by atoms with Crippen molar-refractivity contribution in [2.24, 2.45) is 0 Å². The van der Waals surface area contributed by atoms with E-state index >= 15 is 0 Å². The fraction of sp³-hybridized carbons (Fsp3) is 0.200. The largest absolute Gasteiger partial charge is 0.384 e. The molecule has 0 aliphatic rings. The first-order valence-corrected chi connectivity index (χ1v) is 7.40. The molecule has 8 heteroatoms. The molecule has 96 valence electrons. The fourth-order valence-corrected chi connectivity index (χ4v) is 3.02. The van der Waals surface area contributed by atoms with Crippen LogP contribution < -0.4 is 10.5 Å². The van der Waals surface area contributed by atoms with Gasteiger partial charge in [-0.2, -0.15) is 0 Å². The maximum absolute atomic E-state index is 11.9. The first kappa shape index (κ1) is 12.9. The third-order valence-electron chi connectivity index (χ3n) is 2.15. The van der Waals surface area contributed by atoms with Gasteiger partial charge in [0.15, 0.2) is 0 Å². The Morgan fingerprint density at radius 3 is 2.67 bits per heavy atom. The molecule has 2 aromatic rings. The molecule has 0 aromatic carbocycles. The van der Waals surface area contributed by atoms with Crippen LogP contribution in [0.4, 0.5) is 5.82 Å². The molecule has 0 radical (unpaired) electrons. The van der Waals surface area contributed by atoms with Crippen LogP contribution in [0.1, 0.15) is 9.88 Å². The molecule has 0 spiro atoms. The standard InChI is InChI=1S/C10H12N4O2S2/c1-7-4-13-10(17-7)6-14-18(15,16)8-2-3-9(11)12-5-8/h2-5,14H,6H2,1H3,(H2,11,12). The van der Waals surface area contributed by atoms with E-state index in [2.05, 4.69) is 14.7 Å². The Hall–Kier alpha value is -1.51. The van der Waals surface area contributed by atoms with Crippen LogP contribution in [0.5, 0.6) is 0 Å². The monoisotopic (exact) mass is 284 g/mol. The highest BCUT2D eigenvalue weighted by molar-refractivity contribution is 7.89. The zero-order valence-electron chi connectivity index (χ0n) is 9.62. The summed E-state index contributed by atoms with van der Waals surface area (Å²) in [4.78, 5) is 8.96. The number of nitrogens with one attached hydrogen (secondary N) is 1. The maximum Gasteiger partial charge on any atom is 0.242 e. The summed E-state index contributed by atoms with van der Waals surface area (Å²) in [5, 5.41) is 0.722. The molecule has 0 bridgehead atoms. The smallest absolute Gasteiger partial charge is 0.242 e. The summed E-state index contributed by atoms with van der Waals surface area (Å²) in [6.45, 7) is 2.09. The second-order valence-corrected chi connectivity index (χ2v) is 6.69. The number of nitrogens with two attached hydrogens (primary N) is 1. The van der Waals surface area contributed by atoms with Gasteiger partial charge >= 0.3 is 0 Å². The van der Waals surface area contributed by atoms with Crippen LogP contribution in [0, 0.1) is 6.92 Å². The van der Waals surface area contributed by atoms with Crippen LogP contribution in [-0.2, 0) is 16.6 Å². The molecule has 2 aromatic heterocycles. The highest BCUT2D eigenvalue weighted by Crippen LogP contribution is 2.13. The van der Waals surface area contributed by atoms with E-state index in [4.69, 9.17) is 5.73 Å². The van der Waals surface area contributed by atoms with Gasteiger partial charge in [-0.1, -0.05) is 0 Å². The Morgan fingerprint density at radius 1 is 1.33 bits per heavy atom. The Labute approximate surface area is 109 Å². The summed E-state index contributed by atoms with van der Waals surface area (Å²) in [5.74, 6) is 0.282. The summed E-state index contributed by atoms with van der Waals surface area (Å²) in [6, 6.07) is 2.86. The average Bonchev–Trinajstić information content (AvgIpc) is 2.73. The first-order chi connectivity index (χ1) is 8.47. The van der Waals surface area contributed by atoms with Crippen LogP contribution >= 0.6 is 11.3 Å². The number of rotatable bonds is 4. The Balaban J connectivity index is 2.10. The minimum absolute atomic E-state index is 0.0879. The molecule has 0 atom stereocenters. The number of pyridine rings is 1. The van der Waals surface area contributed by atoms with E-state index in [-0.39, 0.29) is 17.3 Å². The SMILES string of the molecule is Cc1cnc(CNS(=O)(=O)c2ccc(N)nc2)s1. The van der Waals surface area contributed by atoms with Crippen molar-refractivity contribution in [3.63, 3.8) is 0 Å². The molecular weight excluding hydrogens is 272 g/mol. The van der Waals surface area contributed by atoms with Crippen molar-refractivity contribution in [2.45, 2.75) is 18.4 Å². The van der Waals surface area contributed by atoms with Gasteiger partial charge in [-0.05, 0) is 19.1 Å². The number of aromatic nitrogens is 2. The van der Waals surface area contributed by atoms with Gasteiger partial charge in [-0.3, -0.25) is 0 Å². The van der Waals surface area contributed by atoms with Gasteiger partial charge in [0.05, 0.1) is 6.54 Å². The van der Waals surface area contributed by atoms with Gasteiger partial charge in [0.1, 0.15) is 15.7 Å². The van der Waals surface area contributed by atoms with E-state index in [1.807, 2.05) is 6.92 Å². The molecule has 0 saturated carbocycles. The number of hydrogen-bond donors (Lipinski definition) is 2. The number of anilines is 1. The zero-order valence-corrected chi connectivity index (χ0v) is 11.3. The molecule has 0 amide bonds. The van der Waals surface area contributed by atoms with Crippen LogP contribution in [0.2, 0.25) is 0 Å². The summed E-state index contributed by atoms with van der Waals surface area (Å²) >= 11 is 1.45. The average molecular weight is 284 g/mol. The van der Waals surface area contributed by atoms with Gasteiger partial charge in [0.2, 0.25) is 10.0 Å². The minimum Gasteiger partial charge on any atom is -0.384 e. The number of aryl methyl sites for hydroxylation is 1. The predicted octanol–water partition coefficient (Wildman–Crippen LogP) is 0.907. The van der Waals surface area contributed by atoms with Gasteiger partial charge in [-0.15, -0.1) is 11.3 Å². The molecule has 2 rings (SSSR count). The van der Waals surface area contributed by atoms with Gasteiger partial charge < -0.3 is 5.73 Å². The number of sulfonamides is 1. The summed E-state index contributed by atoms with van der Waals surface area (Å²) in [7, 11) is -3.57. The van der Waals surface area contributed by atoms with Crippen molar-refractivity contribution in [2.75, 3.05) is 5.73 Å². The summed E-state index contributed by atoms with van der Waals surface area (Å²) in [6.07, 6.45) is 2.93. The number of nitrogens with zero attached hydrogens (tertiary/aromatic N) is 2. The topological polar surface area (TPSA) is 98.0 Å². The minimum atomic E-state index is -3.57. The second-order valence-electron chi connectivity index (χ2n) is 3.61. The quantitative estimate of drug-likeness (QED) is 0.869. The Kier molecular flexibility index (Phi) is 3.60. The van der Waals surface area contributed by atoms with Crippen molar-refractivity contribution in [1.29, 1.82) is 0 Å². The molecule has 0 fully saturated rings. The first-order valence-electron chi connectivity index (χ1n) is 5.10. The van der Waals surface area contributed by atoms with E-state index < -0.39 is 10.0 Å². The van der Waals surface area contributed by atoms with Crippen molar-refractivity contribution in [3.05, 3.63) is 34.4 Å². The van der Waals surface area contributed by atoms with Crippen molar-refractivity contribution < 1.29 is 8.42 Å². The highest BCUT2D eigenvalue weighted by atomic mass is 32.2. The molecule has 0 aliphatic carbocycles. The van der Waals surface area contributed by atoms with E-state index in [0.29, 0.717) is 0 Å². The highest BCUT2D eigenvalue weighted by Gasteiger charge is 2.14. The lowest BCUT2D eigenvalue weighted by Gasteiger charge is -2.04. The molecule has 6 nitrogen and oxygen atoms in total. The van der Waals surface area contributed by atoms with Crippen LogP contribution in [0.3, 0.4) is 0 Å². The van der Waals surface area contributed by atoms with Crippen LogP contribution in [0.15, 0.2) is 29.4 Å². The molecule has 0 saturated heterocycles. The number of thiazole rings is 1. The summed E-state index contributed by atoms with van der Waals surface area (Å²) < 4.78 is 26.3. The van der Waals surface area contributed by atoms with Crippen LogP contribution in [0.25, 0.3) is 0 Å². The van der Waals surface area contributed by atoms with E-state index in [1.54, 1.807) is 6.20 Å². The lowest BCUT2D eigenvalue weighted by Crippen LogP contribution is -2.23. The Morgan fingerprint density at radius 2 is 2.11 bits per heavy atom. The van der Waals surface area contributed by atoms with Crippen molar-refractivity contribution >= 4 is 27.2 Å².